The second kappa shape index (κ2) is 7.45. The summed E-state index contributed by atoms with van der Waals surface area (Å²) in [6, 6.07) is 1.67. The molecule has 0 aliphatic carbocycles. The zero-order valence-electron chi connectivity index (χ0n) is 12.0. The second-order valence-electron chi connectivity index (χ2n) is 5.53. The largest absolute Gasteiger partial charge is 0.472 e. The quantitative estimate of drug-likeness (QED) is 0.828. The van der Waals surface area contributed by atoms with Crippen LogP contribution in [0.25, 0.3) is 0 Å². The second-order valence-corrected chi connectivity index (χ2v) is 5.53. The smallest absolute Gasteiger partial charge is 0.254 e. The number of aliphatic hydroxyl groups excluding tert-OH is 1. The number of furan rings is 1. The lowest BCUT2D eigenvalue weighted by atomic mass is 9.96. The van der Waals surface area contributed by atoms with Gasteiger partial charge in [-0.3, -0.25) is 4.79 Å². The number of hydrogen-bond acceptors (Lipinski definition) is 4. The SMILES string of the molecule is CCC(O)CN1CCC(CNC(=O)c2ccoc2)CC1. The summed E-state index contributed by atoms with van der Waals surface area (Å²) in [7, 11) is 0. The lowest BCUT2D eigenvalue weighted by molar-refractivity contribution is 0.0837. The molecule has 0 aromatic carbocycles. The Morgan fingerprint density at radius 1 is 1.55 bits per heavy atom. The summed E-state index contributed by atoms with van der Waals surface area (Å²) in [5.41, 5.74) is 0.577. The summed E-state index contributed by atoms with van der Waals surface area (Å²) in [6.07, 6.45) is 5.70. The molecular formula is C15H24N2O3. The highest BCUT2D eigenvalue weighted by atomic mass is 16.3. The number of β-amino-alcohol motifs (C(OH)–C–C–N with tert-alkyl or cyclic N) is 1. The number of nitrogens with zero attached hydrogens (tertiary/aromatic N) is 1. The zero-order valence-corrected chi connectivity index (χ0v) is 12.0. The molecule has 1 fully saturated rings. The van der Waals surface area contributed by atoms with Gasteiger partial charge in [-0.25, -0.2) is 0 Å². The number of rotatable bonds is 6. The van der Waals surface area contributed by atoms with Crippen LogP contribution in [0.3, 0.4) is 0 Å². The molecule has 2 N–H and O–H groups in total. The van der Waals surface area contributed by atoms with E-state index >= 15 is 0 Å². The molecule has 112 valence electrons. The Hall–Kier alpha value is -1.33. The lowest BCUT2D eigenvalue weighted by Gasteiger charge is -2.33. The molecule has 0 radical (unpaired) electrons. The number of nitrogens with one attached hydrogen (secondary N) is 1. The van der Waals surface area contributed by atoms with Crippen molar-refractivity contribution in [1.29, 1.82) is 0 Å². The highest BCUT2D eigenvalue weighted by molar-refractivity contribution is 5.93. The number of hydrogen-bond donors (Lipinski definition) is 2. The minimum Gasteiger partial charge on any atom is -0.472 e. The van der Waals surface area contributed by atoms with Crippen LogP contribution in [0.4, 0.5) is 0 Å². The first-order valence-electron chi connectivity index (χ1n) is 7.39. The van der Waals surface area contributed by atoms with E-state index in [1.807, 2.05) is 6.92 Å². The number of piperidine rings is 1. The molecule has 1 saturated heterocycles. The van der Waals surface area contributed by atoms with E-state index in [0.29, 0.717) is 18.0 Å². The molecule has 20 heavy (non-hydrogen) atoms. The molecule has 5 heteroatoms. The van der Waals surface area contributed by atoms with Crippen LogP contribution in [0.15, 0.2) is 23.0 Å². The van der Waals surface area contributed by atoms with Gasteiger partial charge in [0.25, 0.3) is 5.91 Å². The predicted octanol–water partition coefficient (Wildman–Crippen LogP) is 1.49. The minimum absolute atomic E-state index is 0.0671. The highest BCUT2D eigenvalue weighted by Gasteiger charge is 2.21. The maximum Gasteiger partial charge on any atom is 0.254 e. The van der Waals surface area contributed by atoms with Crippen molar-refractivity contribution in [3.63, 3.8) is 0 Å². The van der Waals surface area contributed by atoms with Crippen LogP contribution >= 0.6 is 0 Å². The fourth-order valence-corrected chi connectivity index (χ4v) is 2.53. The molecule has 1 aliphatic rings. The Balaban J connectivity index is 1.66. The molecule has 2 rings (SSSR count). The summed E-state index contributed by atoms with van der Waals surface area (Å²) in [6.45, 7) is 5.49. The Morgan fingerprint density at radius 3 is 2.90 bits per heavy atom. The number of likely N-dealkylation sites (tertiary alicyclic amines) is 1. The summed E-state index contributed by atoms with van der Waals surface area (Å²) in [4.78, 5) is 14.1. The van der Waals surface area contributed by atoms with Gasteiger partial charge in [-0.1, -0.05) is 6.92 Å². The monoisotopic (exact) mass is 280 g/mol. The van der Waals surface area contributed by atoms with E-state index in [4.69, 9.17) is 4.42 Å². The van der Waals surface area contributed by atoms with Gasteiger partial charge in [-0.2, -0.15) is 0 Å². The molecule has 0 bridgehead atoms. The number of carbonyl (C=O) groups excluding carboxylic acids is 1. The van der Waals surface area contributed by atoms with Crippen LogP contribution in [-0.4, -0.2) is 48.2 Å². The third-order valence-corrected chi connectivity index (χ3v) is 3.98. The molecule has 0 saturated carbocycles. The average molecular weight is 280 g/mol. The number of carbonyl (C=O) groups is 1. The van der Waals surface area contributed by atoms with Crippen molar-refractivity contribution in [2.75, 3.05) is 26.2 Å². The normalized spacial score (nSPS) is 18.9. The van der Waals surface area contributed by atoms with E-state index in [1.165, 1.54) is 12.5 Å². The van der Waals surface area contributed by atoms with Crippen LogP contribution in [0.5, 0.6) is 0 Å². The molecule has 1 aromatic rings. The minimum atomic E-state index is -0.215. The summed E-state index contributed by atoms with van der Waals surface area (Å²) in [5, 5.41) is 12.6. The molecule has 1 aliphatic heterocycles. The molecule has 1 aromatic heterocycles. The third-order valence-electron chi connectivity index (χ3n) is 3.98. The highest BCUT2D eigenvalue weighted by Crippen LogP contribution is 2.17. The molecule has 1 atom stereocenters. The first-order chi connectivity index (χ1) is 9.69. The fraction of sp³-hybridized carbons (Fsp3) is 0.667. The molecular weight excluding hydrogens is 256 g/mol. The van der Waals surface area contributed by atoms with Crippen molar-refractivity contribution in [3.8, 4) is 0 Å². The average Bonchev–Trinajstić information content (AvgIpc) is 3.00. The van der Waals surface area contributed by atoms with Gasteiger partial charge in [0.05, 0.1) is 17.9 Å². The van der Waals surface area contributed by atoms with Crippen LogP contribution in [0.2, 0.25) is 0 Å². The molecule has 1 amide bonds. The third kappa shape index (κ3) is 4.35. The first-order valence-corrected chi connectivity index (χ1v) is 7.39. The molecule has 1 unspecified atom stereocenters. The standard InChI is InChI=1S/C15H24N2O3/c1-2-14(18)10-17-6-3-12(4-7-17)9-16-15(19)13-5-8-20-11-13/h5,8,11-12,14,18H,2-4,6-7,9-10H2,1H3,(H,16,19). The van der Waals surface area contributed by atoms with Gasteiger partial charge in [0, 0.05) is 13.1 Å². The van der Waals surface area contributed by atoms with Crippen molar-refractivity contribution >= 4 is 5.91 Å². The van der Waals surface area contributed by atoms with Gasteiger partial charge in [0.2, 0.25) is 0 Å². The van der Waals surface area contributed by atoms with Crippen molar-refractivity contribution in [3.05, 3.63) is 24.2 Å². The van der Waals surface area contributed by atoms with E-state index in [0.717, 1.165) is 38.9 Å². The van der Waals surface area contributed by atoms with Crippen molar-refractivity contribution in [1.82, 2.24) is 10.2 Å². The first kappa shape index (κ1) is 15.1. The summed E-state index contributed by atoms with van der Waals surface area (Å²) in [5.74, 6) is 0.462. The maximum atomic E-state index is 11.8. The van der Waals surface area contributed by atoms with Gasteiger partial charge >= 0.3 is 0 Å². The predicted molar refractivity (Wildman–Crippen MR) is 76.5 cm³/mol. The van der Waals surface area contributed by atoms with Crippen molar-refractivity contribution in [2.24, 2.45) is 5.92 Å². The number of amides is 1. The summed E-state index contributed by atoms with van der Waals surface area (Å²) >= 11 is 0. The van der Waals surface area contributed by atoms with E-state index in [1.54, 1.807) is 6.07 Å². The van der Waals surface area contributed by atoms with Gasteiger partial charge in [0.1, 0.15) is 6.26 Å². The fourth-order valence-electron chi connectivity index (χ4n) is 2.53. The summed E-state index contributed by atoms with van der Waals surface area (Å²) < 4.78 is 4.90. The lowest BCUT2D eigenvalue weighted by Crippen LogP contribution is -2.41. The van der Waals surface area contributed by atoms with E-state index < -0.39 is 0 Å². The van der Waals surface area contributed by atoms with Crippen molar-refractivity contribution < 1.29 is 14.3 Å². The van der Waals surface area contributed by atoms with Gasteiger partial charge in [-0.05, 0) is 44.3 Å². The molecule has 0 spiro atoms. The van der Waals surface area contributed by atoms with Gasteiger partial charge in [0.15, 0.2) is 0 Å². The van der Waals surface area contributed by atoms with Crippen LogP contribution in [-0.2, 0) is 0 Å². The molecule has 2 heterocycles. The van der Waals surface area contributed by atoms with E-state index in [2.05, 4.69) is 10.2 Å². The topological polar surface area (TPSA) is 65.7 Å². The Morgan fingerprint density at radius 2 is 2.30 bits per heavy atom. The zero-order chi connectivity index (χ0) is 14.4. The van der Waals surface area contributed by atoms with Gasteiger partial charge in [-0.15, -0.1) is 0 Å². The Bertz CT molecular complexity index is 397. The Labute approximate surface area is 119 Å². The van der Waals surface area contributed by atoms with Crippen LogP contribution < -0.4 is 5.32 Å². The Kier molecular flexibility index (Phi) is 5.61. The van der Waals surface area contributed by atoms with Crippen LogP contribution in [0.1, 0.15) is 36.5 Å². The van der Waals surface area contributed by atoms with E-state index in [-0.39, 0.29) is 12.0 Å². The van der Waals surface area contributed by atoms with Gasteiger partial charge < -0.3 is 19.7 Å². The van der Waals surface area contributed by atoms with Crippen LogP contribution in [0, 0.1) is 5.92 Å². The van der Waals surface area contributed by atoms with Crippen molar-refractivity contribution in [2.45, 2.75) is 32.3 Å². The van der Waals surface area contributed by atoms with E-state index in [9.17, 15) is 9.90 Å². The number of aliphatic hydroxyl groups is 1. The molecule has 5 nitrogen and oxygen atoms in total. The maximum absolute atomic E-state index is 11.8.